The molecule has 0 radical (unpaired) electrons. The molecular formula is C16H26O. The molecule has 1 nitrogen and oxygen atoms in total. The van der Waals surface area contributed by atoms with Gasteiger partial charge >= 0.3 is 0 Å². The topological polar surface area (TPSA) is 17.1 Å². The van der Waals surface area contributed by atoms with Crippen LogP contribution in [0.25, 0.3) is 0 Å². The Morgan fingerprint density at radius 3 is 2.24 bits per heavy atom. The second-order valence-electron chi connectivity index (χ2n) is 4.60. The van der Waals surface area contributed by atoms with E-state index in [9.17, 15) is 4.79 Å². The molecule has 0 N–H and O–H groups in total. The summed E-state index contributed by atoms with van der Waals surface area (Å²) >= 11 is 0. The van der Waals surface area contributed by atoms with E-state index in [2.05, 4.69) is 13.5 Å². The van der Waals surface area contributed by atoms with E-state index < -0.39 is 0 Å². The van der Waals surface area contributed by atoms with Gasteiger partial charge in [-0.3, -0.25) is 0 Å². The van der Waals surface area contributed by atoms with Crippen molar-refractivity contribution in [2.45, 2.75) is 65.7 Å². The molecule has 0 saturated heterocycles. The molecular weight excluding hydrogens is 208 g/mol. The molecule has 0 spiro atoms. The fraction of sp³-hybridized carbons (Fsp3) is 0.625. The lowest BCUT2D eigenvalue weighted by atomic mass is 9.98. The lowest BCUT2D eigenvalue weighted by molar-refractivity contribution is 0.567. The fourth-order valence-corrected chi connectivity index (χ4v) is 1.86. The van der Waals surface area contributed by atoms with Crippen LogP contribution in [-0.4, -0.2) is 5.94 Å². The van der Waals surface area contributed by atoms with E-state index >= 15 is 0 Å². The first kappa shape index (κ1) is 15.9. The number of unbranched alkanes of at least 4 members (excludes halogenated alkanes) is 5. The van der Waals surface area contributed by atoms with Crippen LogP contribution < -0.4 is 0 Å². The molecule has 0 saturated carbocycles. The molecule has 0 fully saturated rings. The van der Waals surface area contributed by atoms with Crippen LogP contribution in [0.3, 0.4) is 0 Å². The quantitative estimate of drug-likeness (QED) is 0.311. The average Bonchev–Trinajstić information content (AvgIpc) is 2.36. The van der Waals surface area contributed by atoms with Crippen LogP contribution in [0.15, 0.2) is 29.4 Å². The monoisotopic (exact) mass is 234 g/mol. The number of rotatable bonds is 9. The highest BCUT2D eigenvalue weighted by atomic mass is 16.1. The molecule has 1 heteroatoms. The van der Waals surface area contributed by atoms with Crippen LogP contribution >= 0.6 is 0 Å². The van der Waals surface area contributed by atoms with Gasteiger partial charge in [0.15, 0.2) is 0 Å². The first-order valence-corrected chi connectivity index (χ1v) is 6.71. The number of hydrogen-bond donors (Lipinski definition) is 0. The molecule has 0 aromatic carbocycles. The third-order valence-corrected chi connectivity index (χ3v) is 3.24. The van der Waals surface area contributed by atoms with Crippen molar-refractivity contribution in [3.63, 3.8) is 0 Å². The van der Waals surface area contributed by atoms with Gasteiger partial charge in [0.05, 0.1) is 0 Å². The minimum absolute atomic E-state index is 0.700. The summed E-state index contributed by atoms with van der Waals surface area (Å²) < 4.78 is 0. The molecule has 17 heavy (non-hydrogen) atoms. The predicted octanol–water partition coefficient (Wildman–Crippen LogP) is 5.02. The third-order valence-electron chi connectivity index (χ3n) is 3.24. The summed E-state index contributed by atoms with van der Waals surface area (Å²) in [5.74, 6) is 1.96. The molecule has 0 amide bonds. The van der Waals surface area contributed by atoms with Gasteiger partial charge in [0.25, 0.3) is 0 Å². The van der Waals surface area contributed by atoms with Gasteiger partial charge in [0, 0.05) is 5.57 Å². The molecule has 0 aliphatic carbocycles. The Morgan fingerprint density at radius 1 is 1.12 bits per heavy atom. The summed E-state index contributed by atoms with van der Waals surface area (Å²) in [6.45, 7) is 9.85. The van der Waals surface area contributed by atoms with E-state index in [-0.39, 0.29) is 0 Å². The first-order valence-electron chi connectivity index (χ1n) is 6.71. The molecule has 0 aliphatic rings. The van der Waals surface area contributed by atoms with Crippen molar-refractivity contribution in [2.75, 3.05) is 0 Å². The van der Waals surface area contributed by atoms with Crippen LogP contribution in [0.2, 0.25) is 0 Å². The largest absolute Gasteiger partial charge is 0.233 e. The molecule has 0 aliphatic heterocycles. The first-order chi connectivity index (χ1) is 8.17. The van der Waals surface area contributed by atoms with Crippen LogP contribution in [0.4, 0.5) is 0 Å². The maximum atomic E-state index is 10.6. The lowest BCUT2D eigenvalue weighted by Crippen LogP contribution is -1.90. The van der Waals surface area contributed by atoms with E-state index in [4.69, 9.17) is 0 Å². The van der Waals surface area contributed by atoms with Crippen molar-refractivity contribution in [2.24, 2.45) is 0 Å². The summed E-state index contributed by atoms with van der Waals surface area (Å²) in [5.41, 5.74) is 2.94. The Hall–Kier alpha value is -1.07. The Kier molecular flexibility index (Phi) is 9.47. The molecule has 0 aromatic heterocycles. The van der Waals surface area contributed by atoms with Crippen LogP contribution in [0.1, 0.15) is 65.7 Å². The van der Waals surface area contributed by atoms with E-state index in [1.54, 1.807) is 0 Å². The van der Waals surface area contributed by atoms with Gasteiger partial charge in [-0.1, -0.05) is 51.7 Å². The number of carbonyl (C=O) groups excluding carboxylic acids is 1. The maximum Gasteiger partial charge on any atom is 0.127 e. The summed E-state index contributed by atoms with van der Waals surface area (Å²) in [6.07, 6.45) is 10.7. The van der Waals surface area contributed by atoms with E-state index in [0.29, 0.717) is 5.57 Å². The number of hydrogen-bond acceptors (Lipinski definition) is 1. The second-order valence-corrected chi connectivity index (χ2v) is 4.60. The smallest absolute Gasteiger partial charge is 0.127 e. The zero-order chi connectivity index (χ0) is 13.1. The number of allylic oxidation sites excluding steroid dienone is 4. The highest BCUT2D eigenvalue weighted by molar-refractivity contribution is 5.60. The standard InChI is InChI=1S/C16H26O/c1-5-7-8-9-10-11-12-16(6-2)15(4)14(3)13-17/h6H,2,5,7-12H2,1,3-4H3/b16-15+. The third kappa shape index (κ3) is 6.97. The van der Waals surface area contributed by atoms with Gasteiger partial charge in [0.2, 0.25) is 0 Å². The Morgan fingerprint density at radius 2 is 1.71 bits per heavy atom. The molecule has 0 heterocycles. The van der Waals surface area contributed by atoms with Gasteiger partial charge in [-0.2, -0.15) is 0 Å². The summed E-state index contributed by atoms with van der Waals surface area (Å²) in [5, 5.41) is 0. The van der Waals surface area contributed by atoms with E-state index in [0.717, 1.165) is 12.0 Å². The van der Waals surface area contributed by atoms with Gasteiger partial charge in [-0.25, -0.2) is 4.79 Å². The van der Waals surface area contributed by atoms with E-state index in [1.165, 1.54) is 44.1 Å². The van der Waals surface area contributed by atoms with Crippen molar-refractivity contribution < 1.29 is 4.79 Å². The molecule has 0 aromatic rings. The maximum absolute atomic E-state index is 10.6. The summed E-state index contributed by atoms with van der Waals surface area (Å²) in [7, 11) is 0. The van der Waals surface area contributed by atoms with Crippen molar-refractivity contribution in [3.8, 4) is 0 Å². The van der Waals surface area contributed by atoms with Gasteiger partial charge in [0.1, 0.15) is 5.94 Å². The Balaban J connectivity index is 4.07. The van der Waals surface area contributed by atoms with Crippen LogP contribution in [0, 0.1) is 0 Å². The van der Waals surface area contributed by atoms with Crippen molar-refractivity contribution >= 4 is 5.94 Å². The van der Waals surface area contributed by atoms with Crippen molar-refractivity contribution in [3.05, 3.63) is 29.4 Å². The molecule has 0 rings (SSSR count). The minimum Gasteiger partial charge on any atom is -0.233 e. The van der Waals surface area contributed by atoms with Crippen LogP contribution in [0.5, 0.6) is 0 Å². The Bertz CT molecular complexity index is 303. The van der Waals surface area contributed by atoms with Gasteiger partial charge in [-0.05, 0) is 37.8 Å². The lowest BCUT2D eigenvalue weighted by Gasteiger charge is -2.07. The summed E-state index contributed by atoms with van der Waals surface area (Å²) in [6, 6.07) is 0. The molecule has 0 unspecified atom stereocenters. The average molecular weight is 234 g/mol. The normalized spacial score (nSPS) is 11.7. The second kappa shape index (κ2) is 10.1. The fourth-order valence-electron chi connectivity index (χ4n) is 1.86. The SMILES string of the molecule is C=C/C(CCCCCCCC)=C(/C)C(C)=C=O. The Labute approximate surface area is 106 Å². The van der Waals surface area contributed by atoms with Crippen molar-refractivity contribution in [1.29, 1.82) is 0 Å². The van der Waals surface area contributed by atoms with E-state index in [1.807, 2.05) is 25.9 Å². The zero-order valence-electron chi connectivity index (χ0n) is 11.6. The summed E-state index contributed by atoms with van der Waals surface area (Å²) in [4.78, 5) is 10.6. The van der Waals surface area contributed by atoms with Crippen LogP contribution in [-0.2, 0) is 4.79 Å². The highest BCUT2D eigenvalue weighted by Crippen LogP contribution is 2.19. The van der Waals surface area contributed by atoms with Gasteiger partial charge < -0.3 is 0 Å². The molecule has 96 valence electrons. The predicted molar refractivity (Wildman–Crippen MR) is 75.8 cm³/mol. The molecule has 0 bridgehead atoms. The zero-order valence-corrected chi connectivity index (χ0v) is 11.6. The molecule has 0 atom stereocenters. The van der Waals surface area contributed by atoms with Crippen molar-refractivity contribution in [1.82, 2.24) is 0 Å². The van der Waals surface area contributed by atoms with Gasteiger partial charge in [-0.15, -0.1) is 0 Å². The minimum atomic E-state index is 0.700. The highest BCUT2D eigenvalue weighted by Gasteiger charge is 2.02.